The molecule has 146 valence electrons. The Morgan fingerprint density at radius 1 is 1.00 bits per heavy atom. The molecular formula is C25H24N2O2. The van der Waals surface area contributed by atoms with Gasteiger partial charge in [-0.3, -0.25) is 0 Å². The third-order valence-corrected chi connectivity index (χ3v) is 5.80. The lowest BCUT2D eigenvalue weighted by Crippen LogP contribution is -2.33. The van der Waals surface area contributed by atoms with Crippen molar-refractivity contribution in [2.75, 3.05) is 7.11 Å². The first-order valence-electron chi connectivity index (χ1n) is 10.1. The van der Waals surface area contributed by atoms with Gasteiger partial charge in [0, 0.05) is 17.5 Å². The number of fused-ring (bicyclic) bond motifs is 3. The standard InChI is InChI=1S/C25H24N2O2/c1-3-17-8-10-19(11-9-17)25-27-23(21-6-4-5-7-24(21)29-25)16-22(26-27)18-12-14-20(28-2)15-13-18/h4-15,23,25H,3,16H2,1-2H3/t23-,25-/m1/s1. The van der Waals surface area contributed by atoms with Gasteiger partial charge in [-0.1, -0.05) is 49.4 Å². The quantitative estimate of drug-likeness (QED) is 0.596. The highest BCUT2D eigenvalue weighted by atomic mass is 16.5. The van der Waals surface area contributed by atoms with E-state index < -0.39 is 0 Å². The minimum Gasteiger partial charge on any atom is -0.497 e. The van der Waals surface area contributed by atoms with Crippen molar-refractivity contribution in [1.82, 2.24) is 5.01 Å². The smallest absolute Gasteiger partial charge is 0.213 e. The Hall–Kier alpha value is -3.27. The molecule has 0 radical (unpaired) electrons. The van der Waals surface area contributed by atoms with Gasteiger partial charge >= 0.3 is 0 Å². The van der Waals surface area contributed by atoms with Crippen molar-refractivity contribution >= 4 is 5.71 Å². The molecular weight excluding hydrogens is 360 g/mol. The number of methoxy groups -OCH3 is 1. The van der Waals surface area contributed by atoms with Crippen LogP contribution in [0.15, 0.2) is 77.9 Å². The maximum absolute atomic E-state index is 6.42. The number of rotatable bonds is 4. The van der Waals surface area contributed by atoms with Crippen LogP contribution < -0.4 is 9.47 Å². The van der Waals surface area contributed by atoms with Crippen LogP contribution in [0.5, 0.6) is 11.5 Å². The largest absolute Gasteiger partial charge is 0.497 e. The van der Waals surface area contributed by atoms with E-state index in [4.69, 9.17) is 14.6 Å². The van der Waals surface area contributed by atoms with Crippen LogP contribution in [0.3, 0.4) is 0 Å². The van der Waals surface area contributed by atoms with E-state index in [0.29, 0.717) is 0 Å². The molecule has 0 unspecified atom stereocenters. The minimum absolute atomic E-state index is 0.174. The second kappa shape index (κ2) is 7.28. The molecule has 4 nitrogen and oxygen atoms in total. The number of nitrogens with zero attached hydrogens (tertiary/aromatic N) is 2. The first-order valence-corrected chi connectivity index (χ1v) is 10.1. The molecule has 5 rings (SSSR count). The number of hydrogen-bond acceptors (Lipinski definition) is 4. The lowest BCUT2D eigenvalue weighted by Gasteiger charge is -2.38. The average molecular weight is 384 g/mol. The summed E-state index contributed by atoms with van der Waals surface area (Å²) in [5.74, 6) is 1.80. The molecule has 0 aromatic heterocycles. The zero-order valence-electron chi connectivity index (χ0n) is 16.7. The molecule has 2 aliphatic rings. The predicted octanol–water partition coefficient (Wildman–Crippen LogP) is 5.50. The number of para-hydroxylation sites is 1. The monoisotopic (exact) mass is 384 g/mol. The SMILES string of the molecule is CCc1ccc([C@H]2Oc3ccccc3[C@H]3CC(c4ccc(OC)cc4)=NN32)cc1. The molecule has 0 fully saturated rings. The van der Waals surface area contributed by atoms with E-state index in [9.17, 15) is 0 Å². The fourth-order valence-corrected chi connectivity index (χ4v) is 4.13. The molecule has 2 atom stereocenters. The summed E-state index contributed by atoms with van der Waals surface area (Å²) in [7, 11) is 1.69. The van der Waals surface area contributed by atoms with E-state index in [2.05, 4.69) is 66.5 Å². The van der Waals surface area contributed by atoms with Crippen LogP contribution in [0.1, 0.15) is 47.9 Å². The summed E-state index contributed by atoms with van der Waals surface area (Å²) in [5, 5.41) is 7.15. The summed E-state index contributed by atoms with van der Waals surface area (Å²) < 4.78 is 11.7. The molecule has 0 aliphatic carbocycles. The summed E-state index contributed by atoms with van der Waals surface area (Å²) in [5.41, 5.74) is 5.85. The summed E-state index contributed by atoms with van der Waals surface area (Å²) in [6, 6.07) is 25.3. The van der Waals surface area contributed by atoms with E-state index >= 15 is 0 Å². The van der Waals surface area contributed by atoms with Crippen molar-refractivity contribution in [2.45, 2.75) is 32.0 Å². The zero-order chi connectivity index (χ0) is 19.8. The van der Waals surface area contributed by atoms with Crippen LogP contribution in [0.2, 0.25) is 0 Å². The van der Waals surface area contributed by atoms with E-state index in [1.54, 1.807) is 7.11 Å². The predicted molar refractivity (Wildman–Crippen MR) is 114 cm³/mol. The van der Waals surface area contributed by atoms with Crippen molar-refractivity contribution in [3.8, 4) is 11.5 Å². The van der Waals surface area contributed by atoms with Crippen molar-refractivity contribution in [3.05, 3.63) is 95.1 Å². The third-order valence-electron chi connectivity index (χ3n) is 5.80. The number of benzene rings is 3. The van der Waals surface area contributed by atoms with Gasteiger partial charge in [-0.25, -0.2) is 5.01 Å². The second-order valence-electron chi connectivity index (χ2n) is 7.48. The minimum atomic E-state index is -0.225. The highest BCUT2D eigenvalue weighted by Gasteiger charge is 2.40. The molecule has 3 aromatic rings. The Balaban J connectivity index is 1.54. The third kappa shape index (κ3) is 3.15. The highest BCUT2D eigenvalue weighted by molar-refractivity contribution is 6.02. The van der Waals surface area contributed by atoms with E-state index in [-0.39, 0.29) is 12.3 Å². The van der Waals surface area contributed by atoms with Crippen LogP contribution >= 0.6 is 0 Å². The van der Waals surface area contributed by atoms with Gasteiger partial charge in [0.25, 0.3) is 0 Å². The Morgan fingerprint density at radius 2 is 1.76 bits per heavy atom. The maximum atomic E-state index is 6.42. The van der Waals surface area contributed by atoms with Crippen molar-refractivity contribution in [3.63, 3.8) is 0 Å². The fraction of sp³-hybridized carbons (Fsp3) is 0.240. The first kappa shape index (κ1) is 17.8. The van der Waals surface area contributed by atoms with Crippen molar-refractivity contribution < 1.29 is 9.47 Å². The van der Waals surface area contributed by atoms with Crippen LogP contribution in [0.25, 0.3) is 0 Å². The van der Waals surface area contributed by atoms with Gasteiger partial charge in [-0.05, 0) is 47.9 Å². The normalized spacial score (nSPS) is 19.8. The number of hydrogen-bond donors (Lipinski definition) is 0. The lowest BCUT2D eigenvalue weighted by atomic mass is 9.96. The molecule has 4 heteroatoms. The van der Waals surface area contributed by atoms with Gasteiger partial charge in [-0.2, -0.15) is 5.10 Å². The Labute approximate surface area is 171 Å². The molecule has 0 saturated heterocycles. The number of aryl methyl sites for hydroxylation is 1. The summed E-state index contributed by atoms with van der Waals surface area (Å²) in [4.78, 5) is 0. The van der Waals surface area contributed by atoms with Crippen LogP contribution in [-0.2, 0) is 6.42 Å². The number of ether oxygens (including phenoxy) is 2. The van der Waals surface area contributed by atoms with Gasteiger partial charge in [-0.15, -0.1) is 0 Å². The summed E-state index contributed by atoms with van der Waals surface area (Å²) in [6.07, 6.45) is 1.66. The molecule has 0 saturated carbocycles. The summed E-state index contributed by atoms with van der Waals surface area (Å²) >= 11 is 0. The second-order valence-corrected chi connectivity index (χ2v) is 7.48. The topological polar surface area (TPSA) is 34.1 Å². The van der Waals surface area contributed by atoms with E-state index in [1.807, 2.05) is 18.2 Å². The van der Waals surface area contributed by atoms with Gasteiger partial charge in [0.2, 0.25) is 6.23 Å². The molecule has 0 spiro atoms. The summed E-state index contributed by atoms with van der Waals surface area (Å²) in [6.45, 7) is 2.17. The van der Waals surface area contributed by atoms with E-state index in [0.717, 1.165) is 41.2 Å². The van der Waals surface area contributed by atoms with Gasteiger partial charge in [0.1, 0.15) is 11.5 Å². The molecule has 2 heterocycles. The maximum Gasteiger partial charge on any atom is 0.213 e. The lowest BCUT2D eigenvalue weighted by molar-refractivity contribution is -0.0190. The van der Waals surface area contributed by atoms with E-state index in [1.165, 1.54) is 11.1 Å². The van der Waals surface area contributed by atoms with Crippen LogP contribution in [0.4, 0.5) is 0 Å². The van der Waals surface area contributed by atoms with Crippen molar-refractivity contribution in [2.24, 2.45) is 5.10 Å². The van der Waals surface area contributed by atoms with Crippen LogP contribution in [0, 0.1) is 0 Å². The highest BCUT2D eigenvalue weighted by Crippen LogP contribution is 2.47. The molecule has 3 aromatic carbocycles. The number of hydrazone groups is 1. The zero-order valence-corrected chi connectivity index (χ0v) is 16.7. The van der Waals surface area contributed by atoms with Crippen LogP contribution in [-0.4, -0.2) is 17.8 Å². The first-order chi connectivity index (χ1) is 14.3. The van der Waals surface area contributed by atoms with Gasteiger partial charge < -0.3 is 9.47 Å². The molecule has 0 amide bonds. The molecule has 0 N–H and O–H groups in total. The fourth-order valence-electron chi connectivity index (χ4n) is 4.13. The molecule has 29 heavy (non-hydrogen) atoms. The molecule has 2 aliphatic heterocycles. The van der Waals surface area contributed by atoms with Gasteiger partial charge in [0.05, 0.1) is 18.9 Å². The Morgan fingerprint density at radius 3 is 2.48 bits per heavy atom. The van der Waals surface area contributed by atoms with Gasteiger partial charge in [0.15, 0.2) is 0 Å². The Bertz CT molecular complexity index is 1040. The average Bonchev–Trinajstić information content (AvgIpc) is 3.24. The molecule has 0 bridgehead atoms. The Kier molecular flexibility index (Phi) is 4.47. The van der Waals surface area contributed by atoms with Crippen molar-refractivity contribution in [1.29, 1.82) is 0 Å².